The molecule has 540 valence electrons. The summed E-state index contributed by atoms with van der Waals surface area (Å²) < 4.78 is 16.3. The zero-order valence-electron chi connectivity index (χ0n) is 65.1. The van der Waals surface area contributed by atoms with Crippen molar-refractivity contribution < 1.29 is 9.84 Å². The molecule has 16 rings (SSSR count). The molecule has 0 bridgehead atoms. The van der Waals surface area contributed by atoms with Crippen molar-refractivity contribution in [2.45, 2.75) is 157 Å². The molecule has 0 amide bonds. The lowest BCUT2D eigenvalue weighted by atomic mass is 9.71. The van der Waals surface area contributed by atoms with Crippen molar-refractivity contribution in [2.24, 2.45) is 0 Å². The second kappa shape index (κ2) is 27.8. The number of hydrogen-bond donors (Lipinski definition) is 1. The molecule has 0 saturated heterocycles. The van der Waals surface area contributed by atoms with Crippen LogP contribution in [0.4, 0.5) is 0 Å². The van der Waals surface area contributed by atoms with Crippen LogP contribution in [0.2, 0.25) is 0 Å². The summed E-state index contributed by atoms with van der Waals surface area (Å²) >= 11 is 3.48. The van der Waals surface area contributed by atoms with E-state index in [4.69, 9.17) is 14.7 Å². The Hall–Kier alpha value is -10.9. The molecular weight excluding hydrogens is 1380 g/mol. The Balaban J connectivity index is 0.000000153. The standard InChI is InChI=1S/C48H48N4O.C35H40N2O.C13H9BrN2/c1-46(2,3)32-26-38(47(4,5)6)45(39(27-32)48(7,8)9)31-23-24-49-44(25-31)52-41-19-12-10-17-36(41)37-22-21-35(29-43(37)52)53-34-16-14-15-33(28-34)51-30-50-40-18-11-13-20-42(40)51;1-33(2,3)23-19-27(34(4,5)6)32(28(20-23)35(7,8)9)22-16-17-36-31(18-22)37-29-13-11-10-12-25(29)26-15-14-24(38)21-30(26)37;14-10-4-3-5-11(8-10)16-9-15-12-6-1-2-7-13(12)16/h10-30H,1-9H3;10-21,38H,1-9H3;1-9H. The number of ether oxygens (including phenoxy) is 1. The first-order valence-electron chi connectivity index (χ1n) is 37.1. The highest BCUT2D eigenvalue weighted by Crippen LogP contribution is 2.47. The van der Waals surface area contributed by atoms with Gasteiger partial charge in [0, 0.05) is 62.3 Å². The van der Waals surface area contributed by atoms with Crippen LogP contribution >= 0.6 is 15.9 Å². The van der Waals surface area contributed by atoms with Gasteiger partial charge in [-0.2, -0.15) is 0 Å². The summed E-state index contributed by atoms with van der Waals surface area (Å²) in [5, 5.41) is 14.9. The predicted octanol–water partition coefficient (Wildman–Crippen LogP) is 26.1. The van der Waals surface area contributed by atoms with E-state index in [-0.39, 0.29) is 38.2 Å². The number of phenols is 1. The molecule has 1 N–H and O–H groups in total. The Morgan fingerprint density at radius 1 is 0.318 bits per heavy atom. The van der Waals surface area contributed by atoms with E-state index in [9.17, 15) is 5.11 Å². The van der Waals surface area contributed by atoms with Crippen LogP contribution < -0.4 is 4.74 Å². The van der Waals surface area contributed by atoms with E-state index in [0.717, 1.165) is 105 Å². The quantitative estimate of drug-likeness (QED) is 0.163. The fourth-order valence-corrected chi connectivity index (χ4v) is 15.2. The van der Waals surface area contributed by atoms with Gasteiger partial charge in [0.15, 0.2) is 0 Å². The first-order valence-corrected chi connectivity index (χ1v) is 37.9. The number of hydrogen-bond acceptors (Lipinski definition) is 6. The molecule has 0 unspecified atom stereocenters. The van der Waals surface area contributed by atoms with Crippen molar-refractivity contribution in [3.05, 3.63) is 293 Å². The molecular formula is C96H97BrN8O2. The van der Waals surface area contributed by atoms with E-state index < -0.39 is 0 Å². The molecule has 0 fully saturated rings. The molecule has 0 spiro atoms. The zero-order chi connectivity index (χ0) is 75.9. The Bertz CT molecular complexity index is 5970. The Kier molecular flexibility index (Phi) is 19.0. The van der Waals surface area contributed by atoms with Gasteiger partial charge < -0.3 is 9.84 Å². The number of fused-ring (bicyclic) bond motifs is 8. The Morgan fingerprint density at radius 3 is 1.14 bits per heavy atom. The van der Waals surface area contributed by atoms with Crippen LogP contribution in [0.3, 0.4) is 0 Å². The number of benzene rings is 10. The second-order valence-corrected chi connectivity index (χ2v) is 35.5. The van der Waals surface area contributed by atoms with Gasteiger partial charge in [0.25, 0.3) is 0 Å². The number of para-hydroxylation sites is 6. The van der Waals surface area contributed by atoms with Crippen LogP contribution in [0.1, 0.15) is 158 Å². The highest BCUT2D eigenvalue weighted by molar-refractivity contribution is 9.10. The van der Waals surface area contributed by atoms with E-state index >= 15 is 0 Å². The summed E-state index contributed by atoms with van der Waals surface area (Å²) in [6, 6.07) is 80.1. The van der Waals surface area contributed by atoms with Crippen LogP contribution in [-0.2, 0) is 32.5 Å². The smallest absolute Gasteiger partial charge is 0.138 e. The van der Waals surface area contributed by atoms with Crippen molar-refractivity contribution in [1.82, 2.24) is 38.2 Å². The minimum atomic E-state index is -0.0681. The van der Waals surface area contributed by atoms with E-state index in [1.54, 1.807) is 6.07 Å². The summed E-state index contributed by atoms with van der Waals surface area (Å²) in [7, 11) is 0. The van der Waals surface area contributed by atoms with Crippen LogP contribution in [0.5, 0.6) is 17.2 Å². The van der Waals surface area contributed by atoms with E-state index in [1.807, 2.05) is 97.8 Å². The maximum Gasteiger partial charge on any atom is 0.138 e. The number of phenolic OH excluding ortho intramolecular Hbond substituents is 1. The molecule has 16 aromatic rings. The highest BCUT2D eigenvalue weighted by atomic mass is 79.9. The average Bonchev–Trinajstić information content (AvgIpc) is 1.71. The van der Waals surface area contributed by atoms with E-state index in [1.165, 1.54) is 55.5 Å². The largest absolute Gasteiger partial charge is 0.508 e. The van der Waals surface area contributed by atoms with Gasteiger partial charge in [-0.15, -0.1) is 0 Å². The van der Waals surface area contributed by atoms with Crippen LogP contribution in [-0.4, -0.2) is 43.3 Å². The topological polar surface area (TPSA) is 101 Å². The minimum Gasteiger partial charge on any atom is -0.508 e. The lowest BCUT2D eigenvalue weighted by molar-refractivity contribution is 0.476. The van der Waals surface area contributed by atoms with Gasteiger partial charge in [0.1, 0.15) is 41.5 Å². The predicted molar refractivity (Wildman–Crippen MR) is 452 cm³/mol. The SMILES string of the molecule is Brc1cccc(-n2cnc3ccccc32)c1.CC(C)(C)c1cc(C(C)(C)C)c(-c2ccnc(-n3c4ccccc4c4ccc(O)cc43)c2)c(C(C)(C)C)c1.CC(C)(C)c1cc(C(C)(C)C)c(-c2ccnc(-n3c4ccccc4c4ccc(Oc5cccc(-n6cnc7ccccc76)c5)cc43)c2)c(C(C)(C)C)c1. The summed E-state index contributed by atoms with van der Waals surface area (Å²) in [6.45, 7) is 41.6. The highest BCUT2D eigenvalue weighted by Gasteiger charge is 2.33. The maximum atomic E-state index is 10.4. The zero-order valence-corrected chi connectivity index (χ0v) is 66.6. The number of nitrogens with zero attached hydrogens (tertiary/aromatic N) is 8. The lowest BCUT2D eigenvalue weighted by Gasteiger charge is -2.34. The van der Waals surface area contributed by atoms with Crippen molar-refractivity contribution in [3.8, 4) is 62.5 Å². The number of imidazole rings is 2. The van der Waals surface area contributed by atoms with Gasteiger partial charge in [0.2, 0.25) is 0 Å². The van der Waals surface area contributed by atoms with Gasteiger partial charge in [0.05, 0.1) is 49.8 Å². The molecule has 0 atom stereocenters. The molecule has 0 saturated carbocycles. The second-order valence-electron chi connectivity index (χ2n) is 34.6. The molecule has 11 heteroatoms. The van der Waals surface area contributed by atoms with Crippen molar-refractivity contribution in [3.63, 3.8) is 0 Å². The summed E-state index contributed by atoms with van der Waals surface area (Å²) in [5.74, 6) is 3.48. The van der Waals surface area contributed by atoms with Crippen LogP contribution in [0.25, 0.3) is 111 Å². The fourth-order valence-electron chi connectivity index (χ4n) is 14.8. The first kappa shape index (κ1) is 73.0. The van der Waals surface area contributed by atoms with Crippen molar-refractivity contribution >= 4 is 81.6 Å². The minimum absolute atomic E-state index is 0.0276. The van der Waals surface area contributed by atoms with Crippen LogP contribution in [0, 0.1) is 0 Å². The number of halogens is 1. The molecule has 0 radical (unpaired) electrons. The Labute approximate surface area is 638 Å². The molecule has 10 aromatic carbocycles. The molecule has 6 aromatic heterocycles. The Morgan fingerprint density at radius 2 is 0.701 bits per heavy atom. The number of aromatic hydroxyl groups is 1. The summed E-state index contributed by atoms with van der Waals surface area (Å²) in [5.41, 5.74) is 23.4. The lowest BCUT2D eigenvalue weighted by Crippen LogP contribution is -2.23. The number of rotatable bonds is 8. The average molecular weight is 1470 g/mol. The van der Waals surface area contributed by atoms with Crippen molar-refractivity contribution in [1.29, 1.82) is 0 Å². The molecule has 107 heavy (non-hydrogen) atoms. The monoisotopic (exact) mass is 1470 g/mol. The number of aromatic nitrogens is 8. The van der Waals surface area contributed by atoms with E-state index in [0.29, 0.717) is 0 Å². The van der Waals surface area contributed by atoms with Crippen LogP contribution in [0.15, 0.2) is 260 Å². The molecule has 6 heterocycles. The van der Waals surface area contributed by atoms with Gasteiger partial charge >= 0.3 is 0 Å². The van der Waals surface area contributed by atoms with Gasteiger partial charge in [-0.05, 0) is 203 Å². The first-order chi connectivity index (χ1) is 50.7. The van der Waals surface area contributed by atoms with E-state index in [2.05, 4.69) is 320 Å². The van der Waals surface area contributed by atoms with Gasteiger partial charge in [-0.25, -0.2) is 19.9 Å². The summed E-state index contributed by atoms with van der Waals surface area (Å²) in [4.78, 5) is 18.9. The third kappa shape index (κ3) is 14.7. The van der Waals surface area contributed by atoms with Crippen molar-refractivity contribution in [2.75, 3.05) is 0 Å². The van der Waals surface area contributed by atoms with Gasteiger partial charge in [-0.3, -0.25) is 18.3 Å². The molecule has 0 aliphatic carbocycles. The molecule has 10 nitrogen and oxygen atoms in total. The van der Waals surface area contributed by atoms with Gasteiger partial charge in [-0.1, -0.05) is 238 Å². The number of pyridine rings is 2. The third-order valence-electron chi connectivity index (χ3n) is 20.4. The fraction of sp³-hybridized carbons (Fsp3) is 0.250. The summed E-state index contributed by atoms with van der Waals surface area (Å²) in [6.07, 6.45) is 7.60. The third-order valence-corrected chi connectivity index (χ3v) is 20.9. The molecule has 0 aliphatic rings. The maximum absolute atomic E-state index is 10.4. The normalized spacial score (nSPS) is 12.5. The molecule has 0 aliphatic heterocycles.